The summed E-state index contributed by atoms with van der Waals surface area (Å²) in [6.07, 6.45) is 53.8. The molecule has 0 aromatic rings. The molecule has 0 heterocycles. The molecule has 0 rings (SSSR count). The second-order valence-corrected chi connectivity index (χ2v) is 21.6. The average Bonchev–Trinajstić information content (AvgIpc) is 3.30. The molecule has 0 amide bonds. The molecule has 6 nitrogen and oxygen atoms in total. The van der Waals surface area contributed by atoms with Crippen molar-refractivity contribution in [1.82, 2.24) is 0 Å². The van der Waals surface area contributed by atoms with E-state index in [9.17, 15) is 14.4 Å². The maximum atomic E-state index is 12.9. The predicted octanol–water partition coefficient (Wildman–Crippen LogP) is 19.5. The van der Waals surface area contributed by atoms with Crippen LogP contribution in [0.2, 0.25) is 0 Å². The van der Waals surface area contributed by atoms with Gasteiger partial charge in [-0.15, -0.1) is 0 Å². The standard InChI is InChI=1S/C60H116O6/c1-7-55(5)47-41-35-29-25-21-17-13-11-9-10-12-14-18-23-27-31-39-45-51-60(63)66-57(53-65-59(62)50-44-38-33-32-36-42-48-56(6)8-2)52-64-58(61)49-43-37-30-26-22-19-15-16-20-24-28-34-40-46-54(3)4/h54-57H,7-53H2,1-6H3/t55?,56?,57-/m1/s1. The molecule has 0 saturated heterocycles. The van der Waals surface area contributed by atoms with Crippen LogP contribution >= 0.6 is 0 Å². The highest BCUT2D eigenvalue weighted by molar-refractivity contribution is 5.71. The Morgan fingerprint density at radius 3 is 0.788 bits per heavy atom. The maximum absolute atomic E-state index is 12.9. The van der Waals surface area contributed by atoms with E-state index < -0.39 is 6.10 Å². The largest absolute Gasteiger partial charge is 0.462 e. The van der Waals surface area contributed by atoms with Crippen LogP contribution in [0.3, 0.4) is 0 Å². The zero-order chi connectivity index (χ0) is 48.4. The lowest BCUT2D eigenvalue weighted by atomic mass is 9.99. The maximum Gasteiger partial charge on any atom is 0.306 e. The van der Waals surface area contributed by atoms with Gasteiger partial charge in [0.2, 0.25) is 0 Å². The molecule has 392 valence electrons. The van der Waals surface area contributed by atoms with Gasteiger partial charge in [0.25, 0.3) is 0 Å². The van der Waals surface area contributed by atoms with Crippen molar-refractivity contribution in [2.75, 3.05) is 13.2 Å². The van der Waals surface area contributed by atoms with E-state index in [0.717, 1.165) is 75.5 Å². The Labute approximate surface area is 412 Å². The highest BCUT2D eigenvalue weighted by Gasteiger charge is 2.19. The van der Waals surface area contributed by atoms with Crippen LogP contribution in [-0.2, 0) is 28.6 Å². The summed E-state index contributed by atoms with van der Waals surface area (Å²) in [6.45, 7) is 13.8. The van der Waals surface area contributed by atoms with E-state index >= 15 is 0 Å². The molecule has 0 aromatic carbocycles. The molecule has 0 aliphatic heterocycles. The molecular weight excluding hydrogens is 817 g/mol. The van der Waals surface area contributed by atoms with E-state index in [-0.39, 0.29) is 31.1 Å². The minimum atomic E-state index is -0.764. The number of hydrogen-bond donors (Lipinski definition) is 0. The summed E-state index contributed by atoms with van der Waals surface area (Å²) in [5, 5.41) is 0. The first-order valence-corrected chi connectivity index (χ1v) is 29.7. The van der Waals surface area contributed by atoms with Crippen LogP contribution in [0.5, 0.6) is 0 Å². The topological polar surface area (TPSA) is 78.9 Å². The smallest absolute Gasteiger partial charge is 0.306 e. The van der Waals surface area contributed by atoms with E-state index in [4.69, 9.17) is 14.2 Å². The quantitative estimate of drug-likeness (QED) is 0.0343. The van der Waals surface area contributed by atoms with Crippen molar-refractivity contribution in [3.63, 3.8) is 0 Å². The van der Waals surface area contributed by atoms with Crippen LogP contribution in [0.4, 0.5) is 0 Å². The van der Waals surface area contributed by atoms with Gasteiger partial charge < -0.3 is 14.2 Å². The molecule has 0 saturated carbocycles. The van der Waals surface area contributed by atoms with Crippen molar-refractivity contribution in [1.29, 1.82) is 0 Å². The molecule has 0 spiro atoms. The van der Waals surface area contributed by atoms with Crippen LogP contribution < -0.4 is 0 Å². The molecule has 0 aromatic heterocycles. The molecule has 0 radical (unpaired) electrons. The molecule has 2 unspecified atom stereocenters. The zero-order valence-electron chi connectivity index (χ0n) is 45.5. The lowest BCUT2D eigenvalue weighted by Gasteiger charge is -2.18. The monoisotopic (exact) mass is 933 g/mol. The second kappa shape index (κ2) is 51.3. The van der Waals surface area contributed by atoms with E-state index in [1.54, 1.807) is 0 Å². The van der Waals surface area contributed by atoms with Crippen molar-refractivity contribution < 1.29 is 28.6 Å². The average molecular weight is 934 g/mol. The Kier molecular flexibility index (Phi) is 50.0. The molecule has 3 atom stereocenters. The summed E-state index contributed by atoms with van der Waals surface area (Å²) in [7, 11) is 0. The third kappa shape index (κ3) is 50.3. The van der Waals surface area contributed by atoms with Crippen LogP contribution in [0, 0.1) is 17.8 Å². The van der Waals surface area contributed by atoms with Gasteiger partial charge in [-0.1, -0.05) is 292 Å². The fraction of sp³-hybridized carbons (Fsp3) is 0.950. The predicted molar refractivity (Wildman–Crippen MR) is 284 cm³/mol. The van der Waals surface area contributed by atoms with E-state index in [2.05, 4.69) is 41.5 Å². The van der Waals surface area contributed by atoms with Gasteiger partial charge in [0, 0.05) is 19.3 Å². The highest BCUT2D eigenvalue weighted by Crippen LogP contribution is 2.19. The van der Waals surface area contributed by atoms with Crippen molar-refractivity contribution in [3.05, 3.63) is 0 Å². The van der Waals surface area contributed by atoms with Gasteiger partial charge in [-0.25, -0.2) is 0 Å². The first-order valence-electron chi connectivity index (χ1n) is 29.7. The first kappa shape index (κ1) is 64.4. The number of carbonyl (C=O) groups excluding carboxylic acids is 3. The van der Waals surface area contributed by atoms with Gasteiger partial charge >= 0.3 is 17.9 Å². The summed E-state index contributed by atoms with van der Waals surface area (Å²) in [5.74, 6) is 1.72. The minimum Gasteiger partial charge on any atom is -0.462 e. The fourth-order valence-corrected chi connectivity index (χ4v) is 9.11. The van der Waals surface area contributed by atoms with Crippen LogP contribution in [0.25, 0.3) is 0 Å². The number of hydrogen-bond acceptors (Lipinski definition) is 6. The third-order valence-electron chi connectivity index (χ3n) is 14.4. The van der Waals surface area contributed by atoms with Crippen molar-refractivity contribution in [2.24, 2.45) is 17.8 Å². The summed E-state index contributed by atoms with van der Waals surface area (Å²) >= 11 is 0. The van der Waals surface area contributed by atoms with E-state index in [0.29, 0.717) is 19.3 Å². The number of unbranched alkanes of at least 4 members (excludes halogenated alkanes) is 34. The Hall–Kier alpha value is -1.59. The summed E-state index contributed by atoms with van der Waals surface area (Å²) in [5.41, 5.74) is 0. The molecule has 0 fully saturated rings. The molecule has 0 bridgehead atoms. The van der Waals surface area contributed by atoms with Gasteiger partial charge in [-0.2, -0.15) is 0 Å². The molecule has 0 N–H and O–H groups in total. The van der Waals surface area contributed by atoms with Crippen molar-refractivity contribution >= 4 is 17.9 Å². The zero-order valence-corrected chi connectivity index (χ0v) is 45.5. The van der Waals surface area contributed by atoms with Crippen LogP contribution in [0.1, 0.15) is 330 Å². The Morgan fingerprint density at radius 2 is 0.530 bits per heavy atom. The van der Waals surface area contributed by atoms with Gasteiger partial charge in [0.05, 0.1) is 0 Å². The summed E-state index contributed by atoms with van der Waals surface area (Å²) in [4.78, 5) is 38.1. The third-order valence-corrected chi connectivity index (χ3v) is 14.4. The Bertz CT molecular complexity index is 1030. The second-order valence-electron chi connectivity index (χ2n) is 21.6. The molecule has 0 aliphatic carbocycles. The highest BCUT2D eigenvalue weighted by atomic mass is 16.6. The van der Waals surface area contributed by atoms with E-state index in [1.165, 1.54) is 212 Å². The summed E-state index contributed by atoms with van der Waals surface area (Å²) < 4.78 is 16.9. The van der Waals surface area contributed by atoms with E-state index in [1.807, 2.05) is 0 Å². The number of ether oxygens (including phenoxy) is 3. The van der Waals surface area contributed by atoms with Crippen LogP contribution in [-0.4, -0.2) is 37.2 Å². The lowest BCUT2D eigenvalue weighted by Crippen LogP contribution is -2.30. The first-order chi connectivity index (χ1) is 32.2. The number of esters is 3. The normalized spacial score (nSPS) is 13.0. The van der Waals surface area contributed by atoms with Crippen molar-refractivity contribution in [3.8, 4) is 0 Å². The van der Waals surface area contributed by atoms with Crippen LogP contribution in [0.15, 0.2) is 0 Å². The summed E-state index contributed by atoms with van der Waals surface area (Å²) in [6, 6.07) is 0. The van der Waals surface area contributed by atoms with Gasteiger partial charge in [-0.05, 0) is 37.0 Å². The van der Waals surface area contributed by atoms with Gasteiger partial charge in [0.15, 0.2) is 6.10 Å². The lowest BCUT2D eigenvalue weighted by molar-refractivity contribution is -0.167. The van der Waals surface area contributed by atoms with Gasteiger partial charge in [0.1, 0.15) is 13.2 Å². The number of rotatable bonds is 53. The molecular formula is C60H116O6. The number of carbonyl (C=O) groups is 3. The van der Waals surface area contributed by atoms with Gasteiger partial charge in [-0.3, -0.25) is 14.4 Å². The fourth-order valence-electron chi connectivity index (χ4n) is 9.11. The minimum absolute atomic E-state index is 0.0642. The molecule has 0 aliphatic rings. The Balaban J connectivity index is 4.22. The molecule has 6 heteroatoms. The van der Waals surface area contributed by atoms with Crippen molar-refractivity contribution in [2.45, 2.75) is 337 Å². The molecule has 66 heavy (non-hydrogen) atoms. The SMILES string of the molecule is CCC(C)CCCCCCCCCCCCCCCCCCCCC(=O)O[C@H](COC(=O)CCCCCCCCCCCCCCCC(C)C)COC(=O)CCCCCCCCC(C)CC. The Morgan fingerprint density at radius 1 is 0.303 bits per heavy atom.